The molecule has 126 valence electrons. The molecule has 1 aromatic carbocycles. The fourth-order valence-electron chi connectivity index (χ4n) is 2.74. The summed E-state index contributed by atoms with van der Waals surface area (Å²) in [6, 6.07) is 6.03. The fourth-order valence-corrected chi connectivity index (χ4v) is 2.74. The number of nitrogens with one attached hydrogen (secondary N) is 2. The van der Waals surface area contributed by atoms with Crippen molar-refractivity contribution in [3.63, 3.8) is 0 Å². The number of hydrogen-bond acceptors (Lipinski definition) is 6. The average Bonchev–Trinajstić information content (AvgIpc) is 3.05. The largest absolute Gasteiger partial charge is 0.353 e. The molecule has 1 saturated heterocycles. The van der Waals surface area contributed by atoms with Gasteiger partial charge in [0.2, 0.25) is 0 Å². The van der Waals surface area contributed by atoms with Crippen molar-refractivity contribution in [3.05, 3.63) is 30.1 Å². The summed E-state index contributed by atoms with van der Waals surface area (Å²) in [4.78, 5) is 6.91. The van der Waals surface area contributed by atoms with Crippen molar-refractivity contribution in [2.75, 3.05) is 31.1 Å². The van der Waals surface area contributed by atoms with Crippen molar-refractivity contribution in [2.45, 2.75) is 20.8 Å². The van der Waals surface area contributed by atoms with E-state index in [-0.39, 0.29) is 0 Å². The Morgan fingerprint density at radius 3 is 2.71 bits per heavy atom. The van der Waals surface area contributed by atoms with Crippen molar-refractivity contribution in [1.29, 1.82) is 0 Å². The molecule has 3 aromatic rings. The number of hydrogen-bond donors (Lipinski definition) is 2. The molecule has 0 aliphatic carbocycles. The van der Waals surface area contributed by atoms with Crippen molar-refractivity contribution < 1.29 is 0 Å². The first kappa shape index (κ1) is 16.3. The summed E-state index contributed by atoms with van der Waals surface area (Å²) >= 11 is 0. The number of benzene rings is 1. The Balaban J connectivity index is 0.000000815. The molecule has 3 heterocycles. The van der Waals surface area contributed by atoms with Crippen molar-refractivity contribution in [2.24, 2.45) is 0 Å². The number of H-pyrrole nitrogens is 1. The third kappa shape index (κ3) is 3.21. The van der Waals surface area contributed by atoms with E-state index < -0.39 is 0 Å². The number of fused-ring (bicyclic) bond motifs is 1. The predicted molar refractivity (Wildman–Crippen MR) is 96.1 cm³/mol. The van der Waals surface area contributed by atoms with Crippen LogP contribution in [0.1, 0.15) is 19.5 Å². The SMILES string of the molecule is CC.Cc1[nH]nc2ccc(-c3nncc(N4CCNCC4)n3)cc12. The topological polar surface area (TPSA) is 82.6 Å². The molecule has 0 unspecified atom stereocenters. The van der Waals surface area contributed by atoms with E-state index in [2.05, 4.69) is 41.7 Å². The van der Waals surface area contributed by atoms with E-state index in [0.717, 1.165) is 54.2 Å². The normalized spacial score (nSPS) is 14.4. The van der Waals surface area contributed by atoms with Gasteiger partial charge in [-0.2, -0.15) is 10.2 Å². The molecule has 2 N–H and O–H groups in total. The first-order valence-corrected chi connectivity index (χ1v) is 8.42. The molecule has 0 spiro atoms. The fraction of sp³-hybridized carbons (Fsp3) is 0.412. The number of aromatic nitrogens is 5. The van der Waals surface area contributed by atoms with Crippen LogP contribution in [0.4, 0.5) is 5.82 Å². The van der Waals surface area contributed by atoms with Crippen LogP contribution in [0, 0.1) is 6.92 Å². The van der Waals surface area contributed by atoms with Gasteiger partial charge in [-0.3, -0.25) is 5.10 Å². The summed E-state index contributed by atoms with van der Waals surface area (Å²) in [6.07, 6.45) is 1.73. The maximum Gasteiger partial charge on any atom is 0.183 e. The van der Waals surface area contributed by atoms with Gasteiger partial charge in [0, 0.05) is 42.8 Å². The average molecular weight is 325 g/mol. The minimum Gasteiger partial charge on any atom is -0.353 e. The first-order chi connectivity index (χ1) is 11.8. The Morgan fingerprint density at radius 2 is 1.92 bits per heavy atom. The van der Waals surface area contributed by atoms with Crippen LogP contribution in [0.5, 0.6) is 0 Å². The summed E-state index contributed by atoms with van der Waals surface area (Å²) in [5, 5.41) is 20.0. The van der Waals surface area contributed by atoms with Gasteiger partial charge in [-0.1, -0.05) is 13.8 Å². The summed E-state index contributed by atoms with van der Waals surface area (Å²) in [7, 11) is 0. The van der Waals surface area contributed by atoms with Gasteiger partial charge in [-0.25, -0.2) is 4.98 Å². The van der Waals surface area contributed by atoms with Crippen LogP contribution in [-0.4, -0.2) is 51.6 Å². The number of piperazine rings is 1. The van der Waals surface area contributed by atoms with E-state index in [1.54, 1.807) is 6.20 Å². The number of aryl methyl sites for hydroxylation is 1. The highest BCUT2D eigenvalue weighted by atomic mass is 15.3. The lowest BCUT2D eigenvalue weighted by Crippen LogP contribution is -2.44. The highest BCUT2D eigenvalue weighted by Crippen LogP contribution is 2.23. The molecule has 0 amide bonds. The van der Waals surface area contributed by atoms with Gasteiger partial charge in [0.15, 0.2) is 11.6 Å². The van der Waals surface area contributed by atoms with Gasteiger partial charge in [0.25, 0.3) is 0 Å². The van der Waals surface area contributed by atoms with E-state index in [4.69, 9.17) is 0 Å². The zero-order valence-corrected chi connectivity index (χ0v) is 14.4. The van der Waals surface area contributed by atoms with E-state index in [0.29, 0.717) is 5.82 Å². The Hall–Kier alpha value is -2.54. The molecule has 7 nitrogen and oxygen atoms in total. The lowest BCUT2D eigenvalue weighted by atomic mass is 10.1. The standard InChI is InChI=1S/C15H17N7.C2H6/c1-10-12-8-11(2-3-13(12)20-19-10)15-18-14(9-17-21-15)22-6-4-16-5-7-22;1-2/h2-3,8-9,16H,4-7H2,1H3,(H,19,20);1-2H3. The Kier molecular flexibility index (Phi) is 5.00. The second-order valence-electron chi connectivity index (χ2n) is 5.46. The number of rotatable bonds is 2. The Bertz CT molecular complexity index is 806. The number of nitrogens with zero attached hydrogens (tertiary/aromatic N) is 5. The van der Waals surface area contributed by atoms with Crippen LogP contribution in [0.15, 0.2) is 24.4 Å². The molecule has 0 atom stereocenters. The maximum absolute atomic E-state index is 4.68. The molecule has 4 rings (SSSR count). The van der Waals surface area contributed by atoms with Gasteiger partial charge in [0.05, 0.1) is 11.7 Å². The second-order valence-corrected chi connectivity index (χ2v) is 5.46. The molecule has 0 radical (unpaired) electrons. The summed E-state index contributed by atoms with van der Waals surface area (Å²) in [5.74, 6) is 1.54. The van der Waals surface area contributed by atoms with E-state index in [1.807, 2.05) is 32.9 Å². The lowest BCUT2D eigenvalue weighted by molar-refractivity contribution is 0.583. The number of anilines is 1. The molecule has 1 fully saturated rings. The minimum absolute atomic E-state index is 0.651. The maximum atomic E-state index is 4.68. The van der Waals surface area contributed by atoms with Crippen LogP contribution in [0.3, 0.4) is 0 Å². The molecule has 1 aliphatic rings. The summed E-state index contributed by atoms with van der Waals surface area (Å²) in [5.41, 5.74) is 2.96. The first-order valence-electron chi connectivity index (χ1n) is 8.42. The Morgan fingerprint density at radius 1 is 1.12 bits per heavy atom. The third-order valence-corrected chi connectivity index (χ3v) is 3.99. The number of aromatic amines is 1. The quantitative estimate of drug-likeness (QED) is 0.751. The molecule has 2 aromatic heterocycles. The molecule has 0 bridgehead atoms. The monoisotopic (exact) mass is 325 g/mol. The van der Waals surface area contributed by atoms with Gasteiger partial charge in [0.1, 0.15) is 0 Å². The molecular formula is C17H23N7. The van der Waals surface area contributed by atoms with E-state index in [1.165, 1.54) is 0 Å². The van der Waals surface area contributed by atoms with Crippen LogP contribution in [0.2, 0.25) is 0 Å². The smallest absolute Gasteiger partial charge is 0.183 e. The molecule has 24 heavy (non-hydrogen) atoms. The van der Waals surface area contributed by atoms with Crippen LogP contribution in [-0.2, 0) is 0 Å². The van der Waals surface area contributed by atoms with E-state index >= 15 is 0 Å². The molecular weight excluding hydrogens is 302 g/mol. The minimum atomic E-state index is 0.651. The molecule has 7 heteroatoms. The Labute approximate surface area is 141 Å². The lowest BCUT2D eigenvalue weighted by Gasteiger charge is -2.28. The predicted octanol–water partition coefficient (Wildman–Crippen LogP) is 2.16. The molecule has 1 aliphatic heterocycles. The van der Waals surface area contributed by atoms with Crippen LogP contribution in [0.25, 0.3) is 22.3 Å². The van der Waals surface area contributed by atoms with Crippen molar-refractivity contribution in [3.8, 4) is 11.4 Å². The zero-order chi connectivity index (χ0) is 16.9. The van der Waals surface area contributed by atoms with E-state index in [9.17, 15) is 0 Å². The van der Waals surface area contributed by atoms with Crippen molar-refractivity contribution in [1.82, 2.24) is 30.7 Å². The zero-order valence-electron chi connectivity index (χ0n) is 14.4. The molecule has 0 saturated carbocycles. The van der Waals surface area contributed by atoms with Crippen LogP contribution < -0.4 is 10.2 Å². The summed E-state index contributed by atoms with van der Waals surface area (Å²) < 4.78 is 0. The third-order valence-electron chi connectivity index (χ3n) is 3.99. The highest BCUT2D eigenvalue weighted by Gasteiger charge is 2.14. The summed E-state index contributed by atoms with van der Waals surface area (Å²) in [6.45, 7) is 9.84. The van der Waals surface area contributed by atoms with Gasteiger partial charge in [-0.15, -0.1) is 5.10 Å². The second kappa shape index (κ2) is 7.35. The van der Waals surface area contributed by atoms with Crippen LogP contribution >= 0.6 is 0 Å². The highest BCUT2D eigenvalue weighted by molar-refractivity contribution is 5.85. The van der Waals surface area contributed by atoms with Crippen molar-refractivity contribution >= 4 is 16.7 Å². The van der Waals surface area contributed by atoms with Gasteiger partial charge >= 0.3 is 0 Å². The van der Waals surface area contributed by atoms with Gasteiger partial charge < -0.3 is 10.2 Å². The van der Waals surface area contributed by atoms with Gasteiger partial charge in [-0.05, 0) is 25.1 Å².